The predicted molar refractivity (Wildman–Crippen MR) is 89.8 cm³/mol. The highest BCUT2D eigenvalue weighted by molar-refractivity contribution is 6.04. The van der Waals surface area contributed by atoms with Crippen LogP contribution in [0.25, 0.3) is 0 Å². The highest BCUT2D eigenvalue weighted by atomic mass is 16.5. The van der Waals surface area contributed by atoms with Crippen molar-refractivity contribution in [3.05, 3.63) is 47.8 Å². The number of urea groups is 1. The third-order valence-corrected chi connectivity index (χ3v) is 4.10. The second-order valence-corrected chi connectivity index (χ2v) is 5.90. The molecule has 1 aromatic carbocycles. The van der Waals surface area contributed by atoms with Gasteiger partial charge < -0.3 is 10.1 Å². The van der Waals surface area contributed by atoms with Gasteiger partial charge in [-0.25, -0.2) is 9.48 Å². The standard InChI is InChI=1S/C17H21N5O3/c1-25-10-9-21-12-14(19-20-21)11-15-16(23)22(17(24)18-15)8-7-13-5-3-2-4-6-13/h2-6,12,15H,7-11H2,1H3,(H,18,24). The average Bonchev–Trinajstić information content (AvgIpc) is 3.17. The summed E-state index contributed by atoms with van der Waals surface area (Å²) in [4.78, 5) is 25.8. The van der Waals surface area contributed by atoms with Gasteiger partial charge in [0.1, 0.15) is 6.04 Å². The minimum atomic E-state index is -0.587. The van der Waals surface area contributed by atoms with Gasteiger partial charge in [0, 0.05) is 26.3 Å². The van der Waals surface area contributed by atoms with Crippen molar-refractivity contribution < 1.29 is 14.3 Å². The molecule has 8 heteroatoms. The zero-order valence-corrected chi connectivity index (χ0v) is 14.1. The number of nitrogens with one attached hydrogen (secondary N) is 1. The van der Waals surface area contributed by atoms with Gasteiger partial charge >= 0.3 is 6.03 Å². The summed E-state index contributed by atoms with van der Waals surface area (Å²) in [5.41, 5.74) is 1.76. The van der Waals surface area contributed by atoms with Crippen molar-refractivity contribution in [1.29, 1.82) is 0 Å². The van der Waals surface area contributed by atoms with Crippen LogP contribution in [0.4, 0.5) is 4.79 Å². The molecule has 2 heterocycles. The molecule has 1 aromatic heterocycles. The van der Waals surface area contributed by atoms with Crippen LogP contribution in [0.1, 0.15) is 11.3 Å². The molecule has 1 saturated heterocycles. The number of imide groups is 1. The second kappa shape index (κ2) is 7.89. The van der Waals surface area contributed by atoms with E-state index in [1.54, 1.807) is 18.0 Å². The summed E-state index contributed by atoms with van der Waals surface area (Å²) < 4.78 is 6.65. The Morgan fingerprint density at radius 3 is 2.76 bits per heavy atom. The number of rotatable bonds is 8. The average molecular weight is 343 g/mol. The molecule has 3 rings (SSSR count). The molecule has 2 aromatic rings. The summed E-state index contributed by atoms with van der Waals surface area (Å²) in [6, 6.07) is 8.84. The van der Waals surface area contributed by atoms with Crippen molar-refractivity contribution >= 4 is 11.9 Å². The van der Waals surface area contributed by atoms with Crippen molar-refractivity contribution in [3.63, 3.8) is 0 Å². The Balaban J connectivity index is 1.56. The van der Waals surface area contributed by atoms with E-state index in [-0.39, 0.29) is 11.9 Å². The number of hydrogen-bond donors (Lipinski definition) is 1. The van der Waals surface area contributed by atoms with E-state index >= 15 is 0 Å². The summed E-state index contributed by atoms with van der Waals surface area (Å²) >= 11 is 0. The van der Waals surface area contributed by atoms with E-state index in [0.29, 0.717) is 38.2 Å². The summed E-state index contributed by atoms with van der Waals surface area (Å²) in [7, 11) is 1.62. The number of carbonyl (C=O) groups excluding carboxylic acids is 2. The molecule has 1 aliphatic rings. The Morgan fingerprint density at radius 1 is 1.20 bits per heavy atom. The molecule has 0 bridgehead atoms. The minimum Gasteiger partial charge on any atom is -0.383 e. The van der Waals surface area contributed by atoms with E-state index < -0.39 is 6.04 Å². The van der Waals surface area contributed by atoms with Crippen LogP contribution in [-0.2, 0) is 28.9 Å². The van der Waals surface area contributed by atoms with Crippen LogP contribution in [0.2, 0.25) is 0 Å². The van der Waals surface area contributed by atoms with E-state index in [1.807, 2.05) is 30.3 Å². The first kappa shape index (κ1) is 17.1. The fourth-order valence-electron chi connectivity index (χ4n) is 2.75. The SMILES string of the molecule is COCCn1cc(CC2NC(=O)N(CCc3ccccc3)C2=O)nn1. The fourth-order valence-corrected chi connectivity index (χ4v) is 2.75. The number of methoxy groups -OCH3 is 1. The lowest BCUT2D eigenvalue weighted by atomic mass is 10.1. The summed E-state index contributed by atoms with van der Waals surface area (Å²) in [5, 5.41) is 10.8. The van der Waals surface area contributed by atoms with Crippen molar-refractivity contribution in [3.8, 4) is 0 Å². The molecule has 3 amide bonds. The number of ether oxygens (including phenoxy) is 1. The number of amides is 3. The molecule has 1 atom stereocenters. The zero-order valence-electron chi connectivity index (χ0n) is 14.1. The highest BCUT2D eigenvalue weighted by Gasteiger charge is 2.37. The van der Waals surface area contributed by atoms with Crippen LogP contribution in [0, 0.1) is 0 Å². The van der Waals surface area contributed by atoms with Gasteiger partial charge in [-0.2, -0.15) is 0 Å². The van der Waals surface area contributed by atoms with Gasteiger partial charge in [-0.05, 0) is 12.0 Å². The first-order valence-electron chi connectivity index (χ1n) is 8.21. The summed E-state index contributed by atoms with van der Waals surface area (Å²) in [5.74, 6) is -0.215. The van der Waals surface area contributed by atoms with Crippen molar-refractivity contribution in [2.45, 2.75) is 25.4 Å². The minimum absolute atomic E-state index is 0.215. The number of benzene rings is 1. The Hall–Kier alpha value is -2.74. The molecule has 0 spiro atoms. The summed E-state index contributed by atoms with van der Waals surface area (Å²) in [6.45, 7) is 1.50. The molecule has 1 unspecified atom stereocenters. The highest BCUT2D eigenvalue weighted by Crippen LogP contribution is 2.12. The molecular formula is C17H21N5O3. The van der Waals surface area contributed by atoms with Crippen LogP contribution < -0.4 is 5.32 Å². The van der Waals surface area contributed by atoms with Gasteiger partial charge in [0.05, 0.1) is 18.8 Å². The maximum Gasteiger partial charge on any atom is 0.324 e. The van der Waals surface area contributed by atoms with Gasteiger partial charge in [0.25, 0.3) is 5.91 Å². The zero-order chi connectivity index (χ0) is 17.6. The monoisotopic (exact) mass is 343 g/mol. The van der Waals surface area contributed by atoms with E-state index in [4.69, 9.17) is 4.74 Å². The Morgan fingerprint density at radius 2 is 2.00 bits per heavy atom. The molecule has 1 fully saturated rings. The number of aromatic nitrogens is 3. The molecular weight excluding hydrogens is 322 g/mol. The first-order valence-corrected chi connectivity index (χ1v) is 8.21. The second-order valence-electron chi connectivity index (χ2n) is 5.90. The Kier molecular flexibility index (Phi) is 5.39. The largest absolute Gasteiger partial charge is 0.383 e. The first-order chi connectivity index (χ1) is 12.2. The molecule has 132 valence electrons. The lowest BCUT2D eigenvalue weighted by Gasteiger charge is -2.12. The van der Waals surface area contributed by atoms with Crippen LogP contribution in [0.15, 0.2) is 36.5 Å². The van der Waals surface area contributed by atoms with E-state index in [9.17, 15) is 9.59 Å². The predicted octanol–water partition coefficient (Wildman–Crippen LogP) is 0.630. The quantitative estimate of drug-likeness (QED) is 0.710. The number of carbonyl (C=O) groups is 2. The molecule has 0 aliphatic carbocycles. The topological polar surface area (TPSA) is 89.4 Å². The van der Waals surface area contributed by atoms with Gasteiger partial charge in [-0.1, -0.05) is 35.5 Å². The van der Waals surface area contributed by atoms with Crippen LogP contribution in [0.5, 0.6) is 0 Å². The third kappa shape index (κ3) is 4.21. The van der Waals surface area contributed by atoms with E-state index in [1.165, 1.54) is 4.90 Å². The fraction of sp³-hybridized carbons (Fsp3) is 0.412. The lowest BCUT2D eigenvalue weighted by molar-refractivity contribution is -0.127. The number of hydrogen-bond acceptors (Lipinski definition) is 5. The Labute approximate surface area is 145 Å². The smallest absolute Gasteiger partial charge is 0.324 e. The molecule has 25 heavy (non-hydrogen) atoms. The van der Waals surface area contributed by atoms with Gasteiger partial charge in [0.2, 0.25) is 0 Å². The van der Waals surface area contributed by atoms with Crippen LogP contribution >= 0.6 is 0 Å². The van der Waals surface area contributed by atoms with Crippen LogP contribution in [0.3, 0.4) is 0 Å². The molecule has 0 saturated carbocycles. The normalized spacial score (nSPS) is 17.2. The maximum atomic E-state index is 12.5. The van der Waals surface area contributed by atoms with Gasteiger partial charge in [-0.15, -0.1) is 5.10 Å². The van der Waals surface area contributed by atoms with E-state index in [0.717, 1.165) is 5.56 Å². The van der Waals surface area contributed by atoms with Crippen molar-refractivity contribution in [1.82, 2.24) is 25.2 Å². The lowest BCUT2D eigenvalue weighted by Crippen LogP contribution is -2.34. The Bertz CT molecular complexity index is 731. The van der Waals surface area contributed by atoms with E-state index in [2.05, 4.69) is 15.6 Å². The third-order valence-electron chi connectivity index (χ3n) is 4.10. The maximum absolute atomic E-state index is 12.5. The summed E-state index contributed by atoms with van der Waals surface area (Å²) in [6.07, 6.45) is 2.74. The molecule has 1 N–H and O–H groups in total. The van der Waals surface area contributed by atoms with Gasteiger partial charge in [-0.3, -0.25) is 9.69 Å². The van der Waals surface area contributed by atoms with Crippen molar-refractivity contribution in [2.75, 3.05) is 20.3 Å². The van der Waals surface area contributed by atoms with Crippen molar-refractivity contribution in [2.24, 2.45) is 0 Å². The molecule has 0 radical (unpaired) electrons. The van der Waals surface area contributed by atoms with Crippen LogP contribution in [-0.4, -0.2) is 58.1 Å². The molecule has 1 aliphatic heterocycles. The van der Waals surface area contributed by atoms with Gasteiger partial charge in [0.15, 0.2) is 0 Å². The molecule has 8 nitrogen and oxygen atoms in total. The number of nitrogens with zero attached hydrogens (tertiary/aromatic N) is 4.